The van der Waals surface area contributed by atoms with Crippen molar-refractivity contribution in [3.63, 3.8) is 0 Å². The minimum Gasteiger partial charge on any atom is -0.494 e. The largest absolute Gasteiger partial charge is 0.494 e. The molecule has 1 aliphatic heterocycles. The van der Waals surface area contributed by atoms with Gasteiger partial charge < -0.3 is 9.15 Å². The van der Waals surface area contributed by atoms with Crippen molar-refractivity contribution in [3.05, 3.63) is 85.7 Å². The van der Waals surface area contributed by atoms with Crippen molar-refractivity contribution >= 4 is 44.9 Å². The van der Waals surface area contributed by atoms with Crippen molar-refractivity contribution in [2.24, 2.45) is 0 Å². The van der Waals surface area contributed by atoms with Crippen LogP contribution < -0.4 is 15.1 Å². The lowest BCUT2D eigenvalue weighted by Gasteiger charge is -2.23. The average molecular weight is 453 g/mol. The molecule has 1 atom stereocenters. The van der Waals surface area contributed by atoms with E-state index < -0.39 is 11.9 Å². The minimum absolute atomic E-state index is 0.0289. The highest BCUT2D eigenvalue weighted by Gasteiger charge is 2.44. The number of rotatable bonds is 4. The van der Waals surface area contributed by atoms with E-state index in [-0.39, 0.29) is 16.8 Å². The third kappa shape index (κ3) is 3.12. The number of hydrogen-bond acceptors (Lipinski definition) is 6. The Morgan fingerprint density at radius 2 is 2.10 bits per heavy atom. The number of thiazole rings is 1. The highest BCUT2D eigenvalue weighted by atomic mass is 35.5. The monoisotopic (exact) mass is 452 g/mol. The highest BCUT2D eigenvalue weighted by Crippen LogP contribution is 2.42. The van der Waals surface area contributed by atoms with E-state index in [1.807, 2.05) is 38.1 Å². The number of ether oxygens (including phenoxy) is 1. The Balaban J connectivity index is 1.80. The van der Waals surface area contributed by atoms with Gasteiger partial charge in [-0.3, -0.25) is 14.5 Å². The molecule has 4 aromatic rings. The summed E-state index contributed by atoms with van der Waals surface area (Å²) in [6.45, 7) is 4.22. The Kier molecular flexibility index (Phi) is 4.79. The van der Waals surface area contributed by atoms with Crippen LogP contribution in [0.5, 0.6) is 5.75 Å². The summed E-state index contributed by atoms with van der Waals surface area (Å²) < 4.78 is 11.6. The summed E-state index contributed by atoms with van der Waals surface area (Å²) >= 11 is 7.60. The van der Waals surface area contributed by atoms with Crippen LogP contribution in [0.15, 0.2) is 57.2 Å². The van der Waals surface area contributed by atoms with Crippen LogP contribution in [0.4, 0.5) is 5.13 Å². The number of hydrogen-bond donors (Lipinski definition) is 0. The van der Waals surface area contributed by atoms with Crippen molar-refractivity contribution in [2.75, 3.05) is 11.5 Å². The van der Waals surface area contributed by atoms with E-state index in [0.29, 0.717) is 33.5 Å². The molecule has 0 radical (unpaired) electrons. The van der Waals surface area contributed by atoms with Crippen LogP contribution in [-0.2, 0) is 0 Å². The molecule has 0 aliphatic carbocycles. The molecule has 2 aromatic carbocycles. The lowest BCUT2D eigenvalue weighted by Crippen LogP contribution is -2.29. The Labute approximate surface area is 186 Å². The SMILES string of the molecule is CCOc1cccc(C2c3c(oc4cc(C)c(Cl)cc4c3=O)C(=O)N2c2nccs2)c1. The van der Waals surface area contributed by atoms with E-state index in [4.69, 9.17) is 20.8 Å². The fraction of sp³-hybridized carbons (Fsp3) is 0.174. The number of fused-ring (bicyclic) bond motifs is 2. The van der Waals surface area contributed by atoms with Gasteiger partial charge in [0.1, 0.15) is 11.3 Å². The van der Waals surface area contributed by atoms with Crippen molar-refractivity contribution < 1.29 is 13.9 Å². The Hall–Kier alpha value is -3.16. The standard InChI is InChI=1S/C23H17ClN2O4S/c1-3-29-14-6-4-5-13(10-14)19-18-20(27)15-11-16(24)12(2)9-17(15)30-21(18)22(28)26(19)23-25-7-8-31-23/h4-11,19H,3H2,1-2H3. The number of carbonyl (C=O) groups excluding carboxylic acids is 1. The fourth-order valence-electron chi connectivity index (χ4n) is 3.88. The van der Waals surface area contributed by atoms with Gasteiger partial charge in [0, 0.05) is 16.6 Å². The quantitative estimate of drug-likeness (QED) is 0.416. The zero-order valence-corrected chi connectivity index (χ0v) is 18.3. The first-order valence-electron chi connectivity index (χ1n) is 9.72. The first-order chi connectivity index (χ1) is 15.0. The summed E-state index contributed by atoms with van der Waals surface area (Å²) in [6, 6.07) is 9.97. The van der Waals surface area contributed by atoms with Crippen LogP contribution in [0.25, 0.3) is 11.0 Å². The van der Waals surface area contributed by atoms with Crippen LogP contribution >= 0.6 is 22.9 Å². The van der Waals surface area contributed by atoms with Gasteiger partial charge in [-0.15, -0.1) is 11.3 Å². The summed E-state index contributed by atoms with van der Waals surface area (Å²) in [5.41, 5.74) is 1.83. The predicted octanol–water partition coefficient (Wildman–Crippen LogP) is 5.36. The van der Waals surface area contributed by atoms with Gasteiger partial charge in [0.15, 0.2) is 10.6 Å². The lowest BCUT2D eigenvalue weighted by molar-refractivity contribution is 0.0971. The summed E-state index contributed by atoms with van der Waals surface area (Å²) in [6.07, 6.45) is 1.62. The van der Waals surface area contributed by atoms with Crippen molar-refractivity contribution in [1.82, 2.24) is 4.98 Å². The maximum atomic E-state index is 13.6. The third-order valence-corrected chi connectivity index (χ3v) is 6.44. The highest BCUT2D eigenvalue weighted by molar-refractivity contribution is 7.13. The number of nitrogens with zero attached hydrogens (tertiary/aromatic N) is 2. The Morgan fingerprint density at radius 3 is 2.84 bits per heavy atom. The number of aromatic nitrogens is 1. The van der Waals surface area contributed by atoms with Crippen LogP contribution in [0.1, 0.15) is 40.2 Å². The second-order valence-corrected chi connectivity index (χ2v) is 8.45. The molecule has 3 heterocycles. The molecule has 6 nitrogen and oxygen atoms in total. The van der Waals surface area contributed by atoms with Crippen LogP contribution in [-0.4, -0.2) is 17.5 Å². The summed E-state index contributed by atoms with van der Waals surface area (Å²) in [4.78, 5) is 32.9. The van der Waals surface area contributed by atoms with Gasteiger partial charge in [0.2, 0.25) is 5.76 Å². The second-order valence-electron chi connectivity index (χ2n) is 7.17. The third-order valence-electron chi connectivity index (χ3n) is 5.26. The van der Waals surface area contributed by atoms with Crippen molar-refractivity contribution in [2.45, 2.75) is 19.9 Å². The van der Waals surface area contributed by atoms with Crippen LogP contribution in [0, 0.1) is 6.92 Å². The number of carbonyl (C=O) groups is 1. The summed E-state index contributed by atoms with van der Waals surface area (Å²) in [5.74, 6) is 0.286. The molecule has 8 heteroatoms. The second kappa shape index (κ2) is 7.51. The molecule has 1 aliphatic rings. The molecule has 1 unspecified atom stereocenters. The summed E-state index contributed by atoms with van der Waals surface area (Å²) in [5, 5.41) is 3.08. The average Bonchev–Trinajstić information content (AvgIpc) is 3.37. The number of amides is 1. The van der Waals surface area contributed by atoms with Crippen molar-refractivity contribution in [1.29, 1.82) is 0 Å². The summed E-state index contributed by atoms with van der Waals surface area (Å²) in [7, 11) is 0. The molecule has 0 saturated carbocycles. The minimum atomic E-state index is -0.685. The molecule has 0 spiro atoms. The number of benzene rings is 2. The van der Waals surface area contributed by atoms with E-state index in [0.717, 1.165) is 11.1 Å². The van der Waals surface area contributed by atoms with Crippen LogP contribution in [0.3, 0.4) is 0 Å². The number of halogens is 1. The van der Waals surface area contributed by atoms with Gasteiger partial charge in [0.25, 0.3) is 5.91 Å². The molecule has 0 saturated heterocycles. The van der Waals surface area contributed by atoms with Gasteiger partial charge in [-0.05, 0) is 49.2 Å². The van der Waals surface area contributed by atoms with E-state index in [1.165, 1.54) is 16.2 Å². The molecule has 1 amide bonds. The molecular weight excluding hydrogens is 436 g/mol. The van der Waals surface area contributed by atoms with Gasteiger partial charge in [-0.25, -0.2) is 4.98 Å². The normalized spacial score (nSPS) is 15.5. The maximum absolute atomic E-state index is 13.6. The van der Waals surface area contributed by atoms with Crippen LogP contribution in [0.2, 0.25) is 5.02 Å². The molecule has 0 bridgehead atoms. The van der Waals surface area contributed by atoms with Gasteiger partial charge in [0.05, 0.1) is 23.6 Å². The fourth-order valence-corrected chi connectivity index (χ4v) is 4.71. The van der Waals surface area contributed by atoms with Gasteiger partial charge >= 0.3 is 0 Å². The molecule has 31 heavy (non-hydrogen) atoms. The zero-order valence-electron chi connectivity index (χ0n) is 16.7. The first kappa shape index (κ1) is 19.8. The number of anilines is 1. The lowest BCUT2D eigenvalue weighted by atomic mass is 9.98. The molecule has 2 aromatic heterocycles. The van der Waals surface area contributed by atoms with E-state index in [9.17, 15) is 9.59 Å². The van der Waals surface area contributed by atoms with Gasteiger partial charge in [-0.2, -0.15) is 0 Å². The maximum Gasteiger partial charge on any atom is 0.297 e. The topological polar surface area (TPSA) is 72.6 Å². The smallest absolute Gasteiger partial charge is 0.297 e. The Bertz CT molecular complexity index is 1380. The van der Waals surface area contributed by atoms with E-state index in [1.54, 1.807) is 23.7 Å². The molecule has 0 N–H and O–H groups in total. The molecular formula is C23H17ClN2O4S. The molecule has 5 rings (SSSR count). The van der Waals surface area contributed by atoms with E-state index in [2.05, 4.69) is 4.98 Å². The van der Waals surface area contributed by atoms with E-state index >= 15 is 0 Å². The molecule has 0 fully saturated rings. The predicted molar refractivity (Wildman–Crippen MR) is 121 cm³/mol. The first-order valence-corrected chi connectivity index (χ1v) is 11.0. The Morgan fingerprint density at radius 1 is 1.26 bits per heavy atom. The zero-order chi connectivity index (χ0) is 21.7. The molecule has 156 valence electrons. The van der Waals surface area contributed by atoms with Crippen molar-refractivity contribution in [3.8, 4) is 5.75 Å². The number of aryl methyl sites for hydroxylation is 1. The van der Waals surface area contributed by atoms with Gasteiger partial charge in [-0.1, -0.05) is 23.7 Å².